The first-order chi connectivity index (χ1) is 11.4. The number of para-hydroxylation sites is 1. The van der Waals surface area contributed by atoms with Gasteiger partial charge in [-0.05, 0) is 29.6 Å². The van der Waals surface area contributed by atoms with E-state index in [0.29, 0.717) is 0 Å². The summed E-state index contributed by atoms with van der Waals surface area (Å²) in [5.41, 5.74) is 1.19. The quantitative estimate of drug-likeness (QED) is 0.641. The normalized spacial score (nSPS) is 12.2. The van der Waals surface area contributed by atoms with Crippen molar-refractivity contribution < 1.29 is 14.5 Å². The fourth-order valence-corrected chi connectivity index (χ4v) is 3.56. The van der Waals surface area contributed by atoms with Gasteiger partial charge in [0.1, 0.15) is 18.1 Å². The molecule has 23 heavy (non-hydrogen) atoms. The molecule has 0 fully saturated rings. The van der Waals surface area contributed by atoms with E-state index in [-0.39, 0.29) is 5.92 Å². The van der Waals surface area contributed by atoms with Gasteiger partial charge in [0.15, 0.2) is 0 Å². The molecule has 0 saturated carbocycles. The molecule has 0 aliphatic carbocycles. The molecule has 0 aliphatic rings. The topological polar surface area (TPSA) is 39.0 Å². The SMILES string of the molecule is COc1ccccc1[C@H](CC[NH2+]Cc1cccs1)c1ccco1. The number of quaternary nitrogens is 1. The third-order valence-electron chi connectivity index (χ3n) is 3.99. The van der Waals surface area contributed by atoms with Gasteiger partial charge in [-0.2, -0.15) is 0 Å². The van der Waals surface area contributed by atoms with Gasteiger partial charge in [-0.15, -0.1) is 11.3 Å². The van der Waals surface area contributed by atoms with Crippen molar-refractivity contribution in [3.05, 3.63) is 76.4 Å². The number of methoxy groups -OCH3 is 1. The summed E-state index contributed by atoms with van der Waals surface area (Å²) < 4.78 is 11.2. The molecule has 2 heterocycles. The van der Waals surface area contributed by atoms with E-state index < -0.39 is 0 Å². The number of hydrogen-bond acceptors (Lipinski definition) is 3. The lowest BCUT2D eigenvalue weighted by atomic mass is 9.92. The Morgan fingerprint density at radius 2 is 2.04 bits per heavy atom. The van der Waals surface area contributed by atoms with Crippen molar-refractivity contribution in [2.45, 2.75) is 18.9 Å². The van der Waals surface area contributed by atoms with Crippen LogP contribution in [-0.4, -0.2) is 13.7 Å². The Bertz CT molecular complexity index is 692. The van der Waals surface area contributed by atoms with E-state index in [4.69, 9.17) is 9.15 Å². The van der Waals surface area contributed by atoms with E-state index in [1.54, 1.807) is 13.4 Å². The van der Waals surface area contributed by atoms with Gasteiger partial charge in [-0.25, -0.2) is 0 Å². The maximum Gasteiger partial charge on any atom is 0.122 e. The van der Waals surface area contributed by atoms with E-state index in [2.05, 4.69) is 41.0 Å². The summed E-state index contributed by atoms with van der Waals surface area (Å²) >= 11 is 1.81. The molecule has 0 bridgehead atoms. The van der Waals surface area contributed by atoms with Gasteiger partial charge in [0, 0.05) is 12.0 Å². The maximum atomic E-state index is 5.69. The van der Waals surface area contributed by atoms with Crippen LogP contribution in [0.2, 0.25) is 0 Å². The summed E-state index contributed by atoms with van der Waals surface area (Å²) in [5.74, 6) is 2.15. The van der Waals surface area contributed by atoms with Gasteiger partial charge >= 0.3 is 0 Å². The third kappa shape index (κ3) is 4.03. The van der Waals surface area contributed by atoms with E-state index in [9.17, 15) is 0 Å². The summed E-state index contributed by atoms with van der Waals surface area (Å²) in [7, 11) is 1.72. The van der Waals surface area contributed by atoms with Crippen LogP contribution in [0, 0.1) is 0 Å². The van der Waals surface area contributed by atoms with Crippen molar-refractivity contribution in [2.24, 2.45) is 0 Å². The van der Waals surface area contributed by atoms with Crippen molar-refractivity contribution in [3.8, 4) is 5.75 Å². The van der Waals surface area contributed by atoms with E-state index in [1.165, 1.54) is 10.4 Å². The molecular formula is C19H22NO2S+. The van der Waals surface area contributed by atoms with Crippen molar-refractivity contribution >= 4 is 11.3 Å². The van der Waals surface area contributed by atoms with Crippen molar-refractivity contribution in [2.75, 3.05) is 13.7 Å². The summed E-state index contributed by atoms with van der Waals surface area (Å²) in [6, 6.07) is 16.5. The predicted molar refractivity (Wildman–Crippen MR) is 93.0 cm³/mol. The Hall–Kier alpha value is -2.04. The molecule has 0 spiro atoms. The van der Waals surface area contributed by atoms with Crippen molar-refractivity contribution in [3.63, 3.8) is 0 Å². The summed E-state index contributed by atoms with van der Waals surface area (Å²) in [5, 5.41) is 4.49. The van der Waals surface area contributed by atoms with Crippen molar-refractivity contribution in [1.29, 1.82) is 0 Å². The first-order valence-corrected chi connectivity index (χ1v) is 8.77. The average Bonchev–Trinajstić information content (AvgIpc) is 3.28. The molecule has 1 aromatic carbocycles. The largest absolute Gasteiger partial charge is 0.496 e. The molecule has 3 nitrogen and oxygen atoms in total. The molecule has 0 unspecified atom stereocenters. The number of ether oxygens (including phenoxy) is 1. The minimum absolute atomic E-state index is 0.223. The molecule has 120 valence electrons. The van der Waals surface area contributed by atoms with Gasteiger partial charge in [0.25, 0.3) is 0 Å². The Kier molecular flexibility index (Phi) is 5.51. The van der Waals surface area contributed by atoms with Crippen LogP contribution in [0.1, 0.15) is 28.5 Å². The highest BCUT2D eigenvalue weighted by Gasteiger charge is 2.21. The van der Waals surface area contributed by atoms with Crippen molar-refractivity contribution in [1.82, 2.24) is 0 Å². The standard InChI is InChI=1S/C19H21NO2S/c1-21-18-8-3-2-7-16(18)17(19-9-4-12-22-19)10-11-20-14-15-6-5-13-23-15/h2-9,12-13,17,20H,10-11,14H2,1H3/p+1/t17-/m0/s1. The van der Waals surface area contributed by atoms with Gasteiger partial charge in [-0.1, -0.05) is 24.3 Å². The molecule has 2 aromatic heterocycles. The molecule has 3 rings (SSSR count). The summed E-state index contributed by atoms with van der Waals surface area (Å²) in [4.78, 5) is 1.41. The lowest BCUT2D eigenvalue weighted by Gasteiger charge is -2.17. The summed E-state index contributed by atoms with van der Waals surface area (Å²) in [6.07, 6.45) is 2.76. The summed E-state index contributed by atoms with van der Waals surface area (Å²) in [6.45, 7) is 2.08. The molecule has 3 aromatic rings. The molecule has 2 N–H and O–H groups in total. The molecule has 1 atom stereocenters. The minimum Gasteiger partial charge on any atom is -0.496 e. The van der Waals surface area contributed by atoms with Crippen LogP contribution in [-0.2, 0) is 6.54 Å². The predicted octanol–water partition coefficient (Wildman–Crippen LogP) is 3.64. The average molecular weight is 328 g/mol. The number of nitrogens with two attached hydrogens (primary N) is 1. The highest BCUT2D eigenvalue weighted by atomic mass is 32.1. The van der Waals surface area contributed by atoms with Crippen LogP contribution in [0.4, 0.5) is 0 Å². The molecular weight excluding hydrogens is 306 g/mol. The molecule has 0 saturated heterocycles. The Labute approximate surface area is 140 Å². The fourth-order valence-electron chi connectivity index (χ4n) is 2.85. The van der Waals surface area contributed by atoms with Crippen LogP contribution in [0.25, 0.3) is 0 Å². The van der Waals surface area contributed by atoms with Gasteiger partial charge in [-0.3, -0.25) is 0 Å². The van der Waals surface area contributed by atoms with Gasteiger partial charge < -0.3 is 14.5 Å². The zero-order valence-electron chi connectivity index (χ0n) is 13.3. The van der Waals surface area contributed by atoms with E-state index in [1.807, 2.05) is 29.5 Å². The monoisotopic (exact) mass is 328 g/mol. The lowest BCUT2D eigenvalue weighted by molar-refractivity contribution is -0.670. The fraction of sp³-hybridized carbons (Fsp3) is 0.263. The third-order valence-corrected chi connectivity index (χ3v) is 4.88. The Balaban J connectivity index is 1.69. The van der Waals surface area contributed by atoms with Crippen LogP contribution in [0.5, 0.6) is 5.75 Å². The molecule has 0 aliphatic heterocycles. The molecule has 0 radical (unpaired) electrons. The lowest BCUT2D eigenvalue weighted by Crippen LogP contribution is -2.82. The number of rotatable bonds is 8. The molecule has 4 heteroatoms. The highest BCUT2D eigenvalue weighted by molar-refractivity contribution is 7.09. The van der Waals surface area contributed by atoms with Crippen LogP contribution < -0.4 is 10.1 Å². The van der Waals surface area contributed by atoms with Gasteiger partial charge in [0.05, 0.1) is 30.7 Å². The van der Waals surface area contributed by atoms with E-state index in [0.717, 1.165) is 31.0 Å². The second kappa shape index (κ2) is 7.99. The van der Waals surface area contributed by atoms with Crippen LogP contribution in [0.3, 0.4) is 0 Å². The first-order valence-electron chi connectivity index (χ1n) is 7.89. The van der Waals surface area contributed by atoms with Gasteiger partial charge in [0.2, 0.25) is 0 Å². The van der Waals surface area contributed by atoms with Crippen LogP contribution in [0.15, 0.2) is 64.6 Å². The van der Waals surface area contributed by atoms with Crippen LogP contribution >= 0.6 is 11.3 Å². The number of furan rings is 1. The number of thiophene rings is 1. The first kappa shape index (κ1) is 15.8. The smallest absolute Gasteiger partial charge is 0.122 e. The maximum absolute atomic E-state index is 5.69. The zero-order chi connectivity index (χ0) is 15.9. The van der Waals surface area contributed by atoms with E-state index >= 15 is 0 Å². The second-order valence-corrected chi connectivity index (χ2v) is 6.49. The highest BCUT2D eigenvalue weighted by Crippen LogP contribution is 2.33. The zero-order valence-corrected chi connectivity index (χ0v) is 14.1. The molecule has 0 amide bonds. The number of benzene rings is 1. The Morgan fingerprint density at radius 1 is 1.13 bits per heavy atom. The number of hydrogen-bond donors (Lipinski definition) is 1. The minimum atomic E-state index is 0.223. The Morgan fingerprint density at radius 3 is 2.78 bits per heavy atom. The second-order valence-electron chi connectivity index (χ2n) is 5.46.